The van der Waals surface area contributed by atoms with E-state index in [1.807, 2.05) is 78.0 Å². The number of carbonyl (C=O) groups is 1. The number of likely N-dealkylation sites (N-methyl/N-ethyl adjacent to an activating group) is 2. The van der Waals surface area contributed by atoms with Gasteiger partial charge >= 0.3 is 5.97 Å². The fraction of sp³-hybridized carbons (Fsp3) is 0.800. The number of aromatic nitrogens is 1. The molecular formula is C50H83ClN4O12. The number of pyridine rings is 1. The topological polar surface area (TPSA) is 194 Å². The first kappa shape index (κ1) is 55.6. The number of esters is 1. The number of aliphatic hydroxyl groups is 4. The first-order valence-corrected chi connectivity index (χ1v) is 24.7. The van der Waals surface area contributed by atoms with Crippen LogP contribution in [0.5, 0.6) is 0 Å². The van der Waals surface area contributed by atoms with Gasteiger partial charge in [-0.3, -0.25) is 9.78 Å². The van der Waals surface area contributed by atoms with Crippen LogP contribution in [-0.4, -0.2) is 179 Å². The van der Waals surface area contributed by atoms with Crippen LogP contribution in [0, 0.1) is 17.8 Å². The summed E-state index contributed by atoms with van der Waals surface area (Å²) in [6, 6.07) is 6.91. The van der Waals surface area contributed by atoms with Crippen molar-refractivity contribution in [1.29, 1.82) is 0 Å². The number of aliphatic hydroxyl groups excluding tert-OH is 2. The van der Waals surface area contributed by atoms with Crippen LogP contribution in [0.3, 0.4) is 0 Å². The number of anilines is 1. The van der Waals surface area contributed by atoms with Crippen LogP contribution < -0.4 is 5.32 Å². The third kappa shape index (κ3) is 13.2. The molecule has 2 aromatic rings. The normalized spacial score (nSPS) is 41.1. The van der Waals surface area contributed by atoms with Gasteiger partial charge < -0.3 is 68.7 Å². The van der Waals surface area contributed by atoms with Crippen molar-refractivity contribution < 1.29 is 58.4 Å². The molecule has 5 rings (SSSR count). The van der Waals surface area contributed by atoms with Crippen LogP contribution in [0.4, 0.5) is 5.69 Å². The van der Waals surface area contributed by atoms with Gasteiger partial charge in [-0.1, -0.05) is 32.4 Å². The molecule has 0 unspecified atom stereocenters. The third-order valence-electron chi connectivity index (χ3n) is 14.8. The molecule has 16 nitrogen and oxygen atoms in total. The maximum atomic E-state index is 14.5. The summed E-state index contributed by atoms with van der Waals surface area (Å²) in [6.45, 7) is 19.4. The molecule has 1 aromatic carbocycles. The summed E-state index contributed by atoms with van der Waals surface area (Å²) in [6.07, 6.45) is -5.10. The maximum absolute atomic E-state index is 14.5. The summed E-state index contributed by atoms with van der Waals surface area (Å²) >= 11 is 6.24. The molecule has 0 saturated carbocycles. The highest BCUT2D eigenvalue weighted by Crippen LogP contribution is 2.41. The minimum atomic E-state index is -1.82. The van der Waals surface area contributed by atoms with E-state index in [2.05, 4.69) is 15.2 Å². The van der Waals surface area contributed by atoms with Gasteiger partial charge in [0.2, 0.25) is 0 Å². The lowest BCUT2D eigenvalue weighted by Crippen LogP contribution is -2.61. The smallest absolute Gasteiger partial charge is 0.311 e. The Morgan fingerprint density at radius 1 is 0.985 bits per heavy atom. The van der Waals surface area contributed by atoms with E-state index < -0.39 is 96.0 Å². The zero-order valence-electron chi connectivity index (χ0n) is 42.5. The molecule has 3 aliphatic rings. The summed E-state index contributed by atoms with van der Waals surface area (Å²) in [5.41, 5.74) is -2.67. The van der Waals surface area contributed by atoms with Crippen LogP contribution in [0.15, 0.2) is 30.5 Å². The van der Waals surface area contributed by atoms with Crippen molar-refractivity contribution in [2.45, 2.75) is 192 Å². The maximum Gasteiger partial charge on any atom is 0.311 e. The van der Waals surface area contributed by atoms with Crippen LogP contribution in [0.2, 0.25) is 5.02 Å². The van der Waals surface area contributed by atoms with E-state index in [9.17, 15) is 25.2 Å². The number of hydrogen-bond donors (Lipinski definition) is 5. The fourth-order valence-corrected chi connectivity index (χ4v) is 10.9. The Morgan fingerprint density at radius 3 is 2.34 bits per heavy atom. The predicted molar refractivity (Wildman–Crippen MR) is 258 cm³/mol. The summed E-state index contributed by atoms with van der Waals surface area (Å²) in [5.74, 6) is -2.59. The number of nitrogens with one attached hydrogen (secondary N) is 1. The van der Waals surface area contributed by atoms with E-state index in [1.54, 1.807) is 40.8 Å². The van der Waals surface area contributed by atoms with Crippen LogP contribution in [0.25, 0.3) is 10.9 Å². The molecule has 5 N–H and O–H groups in total. The number of carbonyl (C=O) groups excluding carboxylic acids is 1. The van der Waals surface area contributed by atoms with E-state index in [0.717, 1.165) is 16.6 Å². The number of hydrogen-bond acceptors (Lipinski definition) is 16. The van der Waals surface area contributed by atoms with E-state index >= 15 is 0 Å². The van der Waals surface area contributed by atoms with Gasteiger partial charge in [0.1, 0.15) is 30.0 Å². The molecule has 382 valence electrons. The summed E-state index contributed by atoms with van der Waals surface area (Å²) < 4.78 is 45.8. The second-order valence-electron chi connectivity index (χ2n) is 20.8. The standard InChI is InChI=1S/C50H83ClN4O12/c1-15-39-50(10,60)43(56)32(6)55(13)27-28(2)25-48(8,59)45(30(4)41(31(5)46(58)65-39)66-40-26-49(9,61-14)44(57)33(7)64-40)67-47-42(38(54(11)12)23-29(3)63-47)62-22-16-20-52-36-19-21-53-37-24-34(51)17-18-35(36)37/h17-19,21,24,28-33,38-45,47,56-57,59-60H,15-16,20,22-23,25-27H2,1-14H3,(H,52,53)/t28-,29-,30+,31-,32-,33+,38+,39-,40+,41+,42-,43-,44+,45-,47+,48-,49-,50-/m1/s1. The summed E-state index contributed by atoms with van der Waals surface area (Å²) in [5, 5.41) is 52.8. The molecule has 3 saturated heterocycles. The molecule has 18 atom stereocenters. The average Bonchev–Trinajstić information content (AvgIpc) is 3.26. The molecule has 17 heteroatoms. The number of rotatable bonds is 13. The zero-order valence-corrected chi connectivity index (χ0v) is 43.2. The quantitative estimate of drug-likeness (QED) is 0.122. The van der Waals surface area contributed by atoms with Gasteiger partial charge in [-0.25, -0.2) is 0 Å². The van der Waals surface area contributed by atoms with Crippen LogP contribution in [-0.2, 0) is 38.0 Å². The van der Waals surface area contributed by atoms with Gasteiger partial charge in [0, 0.05) is 73.5 Å². The monoisotopic (exact) mass is 967 g/mol. The number of fused-ring (bicyclic) bond motifs is 1. The van der Waals surface area contributed by atoms with Crippen LogP contribution in [0.1, 0.15) is 101 Å². The molecule has 0 bridgehead atoms. The second kappa shape index (κ2) is 23.3. The number of methoxy groups -OCH3 is 1. The number of halogens is 1. The van der Waals surface area contributed by atoms with Crippen molar-refractivity contribution in [2.75, 3.05) is 53.3 Å². The van der Waals surface area contributed by atoms with Crippen molar-refractivity contribution in [3.05, 3.63) is 35.5 Å². The van der Waals surface area contributed by atoms with Gasteiger partial charge in [-0.2, -0.15) is 0 Å². The molecular weight excluding hydrogens is 884 g/mol. The largest absolute Gasteiger partial charge is 0.459 e. The number of ether oxygens (including phenoxy) is 7. The molecule has 0 aliphatic carbocycles. The van der Waals surface area contributed by atoms with Crippen molar-refractivity contribution >= 4 is 34.2 Å². The van der Waals surface area contributed by atoms with E-state index in [1.165, 1.54) is 14.0 Å². The number of cyclic esters (lactones) is 1. The molecule has 67 heavy (non-hydrogen) atoms. The number of benzene rings is 1. The fourth-order valence-electron chi connectivity index (χ4n) is 10.7. The highest BCUT2D eigenvalue weighted by molar-refractivity contribution is 6.31. The van der Waals surface area contributed by atoms with E-state index in [4.69, 9.17) is 44.8 Å². The molecule has 3 aliphatic heterocycles. The molecule has 0 amide bonds. The average molecular weight is 968 g/mol. The van der Waals surface area contributed by atoms with Crippen molar-refractivity contribution in [1.82, 2.24) is 14.8 Å². The Bertz CT molecular complexity index is 1900. The van der Waals surface area contributed by atoms with Gasteiger partial charge in [-0.15, -0.1) is 0 Å². The van der Waals surface area contributed by atoms with Gasteiger partial charge in [0.25, 0.3) is 0 Å². The lowest BCUT2D eigenvalue weighted by atomic mass is 9.77. The Morgan fingerprint density at radius 2 is 1.69 bits per heavy atom. The van der Waals surface area contributed by atoms with E-state index in [0.29, 0.717) is 37.6 Å². The minimum Gasteiger partial charge on any atom is -0.459 e. The number of nitrogens with zero attached hydrogens (tertiary/aromatic N) is 3. The van der Waals surface area contributed by atoms with Crippen LogP contribution >= 0.6 is 11.6 Å². The van der Waals surface area contributed by atoms with Gasteiger partial charge in [0.15, 0.2) is 12.6 Å². The van der Waals surface area contributed by atoms with Gasteiger partial charge in [0.05, 0.1) is 47.1 Å². The lowest BCUT2D eigenvalue weighted by Gasteiger charge is -2.49. The lowest BCUT2D eigenvalue weighted by molar-refractivity contribution is -0.321. The first-order valence-electron chi connectivity index (χ1n) is 24.3. The van der Waals surface area contributed by atoms with Crippen molar-refractivity contribution in [2.24, 2.45) is 17.8 Å². The highest BCUT2D eigenvalue weighted by atomic mass is 35.5. The molecule has 4 heterocycles. The first-order chi connectivity index (χ1) is 31.3. The van der Waals surface area contributed by atoms with Crippen molar-refractivity contribution in [3.63, 3.8) is 0 Å². The Labute approximate surface area is 404 Å². The molecule has 0 spiro atoms. The highest BCUT2D eigenvalue weighted by Gasteiger charge is 2.53. The van der Waals surface area contributed by atoms with Gasteiger partial charge in [-0.05, 0) is 125 Å². The summed E-state index contributed by atoms with van der Waals surface area (Å²) in [7, 11) is 7.40. The van der Waals surface area contributed by atoms with Crippen molar-refractivity contribution in [3.8, 4) is 0 Å². The second-order valence-corrected chi connectivity index (χ2v) is 21.2. The Kier molecular flexibility index (Phi) is 19.3. The SMILES string of the molecule is CC[C@H]1OC(=O)[C@H](C)[C@@H](O[C@H]2C[C@@](C)(OC)[C@@H](O)[C@H](C)O2)[C@H](C)[C@@H](O[C@@H]2O[C@H](C)C[C@H](N(C)C)[C@H]2OCCCNc2ccnc3cc(Cl)ccc23)[C@](C)(O)C[C@@H](C)CN(C)[C@H](C)[C@@H](O)[C@]1(C)O. The minimum absolute atomic E-state index is 0.117. The zero-order chi connectivity index (χ0) is 49.8. The van der Waals surface area contributed by atoms with E-state index in [-0.39, 0.29) is 37.3 Å². The third-order valence-corrected chi connectivity index (χ3v) is 15.1. The molecule has 0 radical (unpaired) electrons. The molecule has 1 aromatic heterocycles. The predicted octanol–water partition coefficient (Wildman–Crippen LogP) is 5.63. The molecule has 3 fully saturated rings. The summed E-state index contributed by atoms with van der Waals surface area (Å²) in [4.78, 5) is 23.1. The Balaban J connectivity index is 1.51. The Hall–Kier alpha value is -2.29.